The summed E-state index contributed by atoms with van der Waals surface area (Å²) in [5.74, 6) is 0.372. The minimum absolute atomic E-state index is 0.0763. The minimum atomic E-state index is -1.17. The minimum Gasteiger partial charge on any atom is -0.355 e. The second kappa shape index (κ2) is 7.93. The lowest BCUT2D eigenvalue weighted by molar-refractivity contribution is -0.118. The van der Waals surface area contributed by atoms with Crippen LogP contribution in [0.25, 0.3) is 10.8 Å². The quantitative estimate of drug-likeness (QED) is 0.799. The molecule has 2 aromatic rings. The highest BCUT2D eigenvalue weighted by Gasteiger charge is 2.10. The summed E-state index contributed by atoms with van der Waals surface area (Å²) in [5.41, 5.74) is 1.03. The van der Waals surface area contributed by atoms with Crippen molar-refractivity contribution in [1.82, 2.24) is 5.32 Å². The van der Waals surface area contributed by atoms with Crippen molar-refractivity contribution in [3.05, 3.63) is 48.0 Å². The number of benzene rings is 2. The molecule has 0 saturated heterocycles. The molecule has 0 aliphatic carbocycles. The van der Waals surface area contributed by atoms with Gasteiger partial charge in [-0.1, -0.05) is 55.8 Å². The normalized spacial score (nSPS) is 12.2. The van der Waals surface area contributed by atoms with Gasteiger partial charge in [-0.25, -0.2) is 0 Å². The van der Waals surface area contributed by atoms with E-state index in [4.69, 9.17) is 0 Å². The van der Waals surface area contributed by atoms with Gasteiger partial charge in [0.2, 0.25) is 5.91 Å². The van der Waals surface area contributed by atoms with Gasteiger partial charge in [0.1, 0.15) is 5.75 Å². The molecule has 0 saturated carbocycles. The second-order valence-electron chi connectivity index (χ2n) is 5.07. The fourth-order valence-corrected chi connectivity index (χ4v) is 3.34. The number of rotatable bonds is 7. The third-order valence-electron chi connectivity index (χ3n) is 3.34. The van der Waals surface area contributed by atoms with Crippen molar-refractivity contribution in [3.63, 3.8) is 0 Å². The lowest BCUT2D eigenvalue weighted by Gasteiger charge is -2.07. The van der Waals surface area contributed by atoms with Gasteiger partial charge in [-0.15, -0.1) is 0 Å². The fraction of sp³-hybridized carbons (Fsp3) is 0.353. The van der Waals surface area contributed by atoms with E-state index >= 15 is 0 Å². The highest BCUT2D eigenvalue weighted by molar-refractivity contribution is 7.84. The van der Waals surface area contributed by atoms with Crippen LogP contribution in [0.15, 0.2) is 42.5 Å². The van der Waals surface area contributed by atoms with Crippen LogP contribution in [0.3, 0.4) is 0 Å². The molecule has 2 aromatic carbocycles. The van der Waals surface area contributed by atoms with Crippen molar-refractivity contribution < 1.29 is 9.00 Å². The number of hydrogen-bond donors (Lipinski definition) is 1. The Morgan fingerprint density at radius 2 is 1.90 bits per heavy atom. The molecular weight excluding hydrogens is 282 g/mol. The first-order valence-electron chi connectivity index (χ1n) is 7.29. The number of hydrogen-bond acceptors (Lipinski definition) is 2. The third-order valence-corrected chi connectivity index (χ3v) is 4.56. The molecule has 0 fully saturated rings. The van der Waals surface area contributed by atoms with Gasteiger partial charge in [0.25, 0.3) is 0 Å². The van der Waals surface area contributed by atoms with Crippen LogP contribution in [0.4, 0.5) is 0 Å². The Morgan fingerprint density at radius 3 is 2.71 bits per heavy atom. The zero-order valence-corrected chi connectivity index (χ0v) is 13.1. The first kappa shape index (κ1) is 15.7. The molecule has 1 N–H and O–H groups in total. The molecule has 0 spiro atoms. The van der Waals surface area contributed by atoms with Crippen molar-refractivity contribution >= 4 is 27.5 Å². The summed E-state index contributed by atoms with van der Waals surface area (Å²) in [6.45, 7) is 2.74. The zero-order chi connectivity index (χ0) is 15.1. The maximum atomic E-state index is 12.1. The standard InChI is InChI=1S/C17H21NO2S/c1-2-3-11-18-17(19)13-21(20)12-15-9-6-8-14-7-4-5-10-16(14)15/h4-10H,2-3,11-13H2,1H3,(H,18,19)/t21-/m1/s1. The molecule has 0 bridgehead atoms. The van der Waals surface area contributed by atoms with Crippen LogP contribution in [-0.4, -0.2) is 22.4 Å². The summed E-state index contributed by atoms with van der Waals surface area (Å²) in [7, 11) is -1.17. The monoisotopic (exact) mass is 303 g/mol. The Morgan fingerprint density at radius 1 is 1.14 bits per heavy atom. The molecule has 2 rings (SSSR count). The SMILES string of the molecule is CCCCNC(=O)C[S@](=O)Cc1cccc2ccccc12. The summed E-state index contributed by atoms with van der Waals surface area (Å²) >= 11 is 0. The van der Waals surface area contributed by atoms with Crippen molar-refractivity contribution in [2.45, 2.75) is 25.5 Å². The predicted octanol–water partition coefficient (Wildman–Crippen LogP) is 3.00. The third kappa shape index (κ3) is 4.67. The first-order valence-corrected chi connectivity index (χ1v) is 8.78. The molecule has 1 amide bonds. The van der Waals surface area contributed by atoms with Gasteiger partial charge >= 0.3 is 0 Å². The fourth-order valence-electron chi connectivity index (χ4n) is 2.24. The van der Waals surface area contributed by atoms with Gasteiger partial charge in [-0.05, 0) is 22.8 Å². The lowest BCUT2D eigenvalue weighted by atomic mass is 10.1. The summed E-state index contributed by atoms with van der Waals surface area (Å²) in [6, 6.07) is 14.0. The van der Waals surface area contributed by atoms with Crippen LogP contribution in [0.5, 0.6) is 0 Å². The van der Waals surface area contributed by atoms with Gasteiger partial charge in [-0.3, -0.25) is 9.00 Å². The average Bonchev–Trinajstić information content (AvgIpc) is 2.48. The van der Waals surface area contributed by atoms with E-state index in [0.29, 0.717) is 12.3 Å². The summed E-state index contributed by atoms with van der Waals surface area (Å²) in [6.07, 6.45) is 2.00. The number of amides is 1. The number of unbranched alkanes of at least 4 members (excludes halogenated alkanes) is 1. The molecule has 4 heteroatoms. The average molecular weight is 303 g/mol. The molecule has 0 unspecified atom stereocenters. The number of carbonyl (C=O) groups excluding carboxylic acids is 1. The zero-order valence-electron chi connectivity index (χ0n) is 12.3. The van der Waals surface area contributed by atoms with Crippen LogP contribution in [0.2, 0.25) is 0 Å². The Bertz CT molecular complexity index is 634. The maximum absolute atomic E-state index is 12.1. The van der Waals surface area contributed by atoms with E-state index in [1.807, 2.05) is 42.5 Å². The van der Waals surface area contributed by atoms with Crippen LogP contribution >= 0.6 is 0 Å². The molecule has 21 heavy (non-hydrogen) atoms. The molecule has 0 aromatic heterocycles. The van der Waals surface area contributed by atoms with E-state index < -0.39 is 10.8 Å². The molecule has 0 radical (unpaired) electrons. The van der Waals surface area contributed by atoms with E-state index in [2.05, 4.69) is 12.2 Å². The van der Waals surface area contributed by atoms with Crippen LogP contribution in [0, 0.1) is 0 Å². The number of fused-ring (bicyclic) bond motifs is 1. The van der Waals surface area contributed by atoms with E-state index in [1.165, 1.54) is 0 Å². The highest BCUT2D eigenvalue weighted by Crippen LogP contribution is 2.19. The molecule has 1 atom stereocenters. The van der Waals surface area contributed by atoms with Crippen molar-refractivity contribution in [1.29, 1.82) is 0 Å². The second-order valence-corrected chi connectivity index (χ2v) is 6.53. The predicted molar refractivity (Wildman–Crippen MR) is 88.6 cm³/mol. The van der Waals surface area contributed by atoms with Gasteiger partial charge in [0.05, 0.1) is 0 Å². The van der Waals surface area contributed by atoms with E-state index in [0.717, 1.165) is 29.2 Å². The molecule has 112 valence electrons. The van der Waals surface area contributed by atoms with Gasteiger partial charge in [-0.2, -0.15) is 0 Å². The van der Waals surface area contributed by atoms with E-state index in [-0.39, 0.29) is 11.7 Å². The van der Waals surface area contributed by atoms with Crippen molar-refractivity contribution in [2.75, 3.05) is 12.3 Å². The number of nitrogens with one attached hydrogen (secondary N) is 1. The van der Waals surface area contributed by atoms with E-state index in [9.17, 15) is 9.00 Å². The van der Waals surface area contributed by atoms with E-state index in [1.54, 1.807) is 0 Å². The van der Waals surface area contributed by atoms with Crippen LogP contribution in [-0.2, 0) is 21.3 Å². The highest BCUT2D eigenvalue weighted by atomic mass is 32.2. The largest absolute Gasteiger partial charge is 0.355 e. The van der Waals surface area contributed by atoms with Gasteiger partial charge in [0, 0.05) is 23.1 Å². The Balaban J connectivity index is 1.97. The van der Waals surface area contributed by atoms with Crippen molar-refractivity contribution in [2.24, 2.45) is 0 Å². The summed E-state index contributed by atoms with van der Waals surface area (Å²) in [4.78, 5) is 11.7. The Hall–Kier alpha value is -1.68. The van der Waals surface area contributed by atoms with Gasteiger partial charge in [0.15, 0.2) is 0 Å². The smallest absolute Gasteiger partial charge is 0.232 e. The first-order chi connectivity index (χ1) is 10.2. The molecular formula is C17H21NO2S. The van der Waals surface area contributed by atoms with Gasteiger partial charge < -0.3 is 5.32 Å². The molecule has 0 aliphatic rings. The van der Waals surface area contributed by atoms with Crippen LogP contribution < -0.4 is 5.32 Å². The summed E-state index contributed by atoms with van der Waals surface area (Å²) in [5, 5.41) is 5.05. The Labute approximate surface area is 128 Å². The molecule has 0 heterocycles. The number of carbonyl (C=O) groups is 1. The maximum Gasteiger partial charge on any atom is 0.232 e. The lowest BCUT2D eigenvalue weighted by Crippen LogP contribution is -2.29. The van der Waals surface area contributed by atoms with Crippen molar-refractivity contribution in [3.8, 4) is 0 Å². The summed E-state index contributed by atoms with van der Waals surface area (Å²) < 4.78 is 12.1. The molecule has 3 nitrogen and oxygen atoms in total. The Kier molecular flexibility index (Phi) is 5.93. The topological polar surface area (TPSA) is 46.2 Å². The van der Waals surface area contributed by atoms with Crippen LogP contribution in [0.1, 0.15) is 25.3 Å². The molecule has 0 aliphatic heterocycles.